The van der Waals surface area contributed by atoms with Crippen LogP contribution in [0, 0.1) is 0 Å². The number of benzene rings is 1. The summed E-state index contributed by atoms with van der Waals surface area (Å²) in [4.78, 5) is 26.8. The van der Waals surface area contributed by atoms with Crippen LogP contribution in [0.4, 0.5) is 0 Å². The zero-order chi connectivity index (χ0) is 20.3. The predicted octanol–water partition coefficient (Wildman–Crippen LogP) is 5.16. The topological polar surface area (TPSA) is 94.4 Å². The second kappa shape index (κ2) is 12.1. The molecule has 0 aliphatic rings. The Kier molecular flexibility index (Phi) is 10.6. The van der Waals surface area contributed by atoms with Gasteiger partial charge in [0.2, 0.25) is 0 Å². The van der Waals surface area contributed by atoms with E-state index in [1.54, 1.807) is 31.2 Å². The highest BCUT2D eigenvalue weighted by Gasteiger charge is 2.30. The maximum absolute atomic E-state index is 12.5. The molecule has 2 unspecified atom stereocenters. The van der Waals surface area contributed by atoms with E-state index < -0.39 is 26.3 Å². The molecule has 1 N–H and O–H groups in total. The summed E-state index contributed by atoms with van der Waals surface area (Å²) in [7, 11) is -4.14. The minimum Gasteiger partial charge on any atom is -0.482 e. The van der Waals surface area contributed by atoms with Crippen LogP contribution in [0.5, 0.6) is 5.75 Å². The summed E-state index contributed by atoms with van der Waals surface area (Å²) in [5.41, 5.74) is -0.160. The molecule has 9 heteroatoms. The SMILES string of the molecule is CCCCCC(=NOC(=O)COc1cccc(Cl)c1)P(=O)(O)OC(C)CC. The molecule has 0 fully saturated rings. The number of carbonyl (C=O) groups is 1. The second-order valence-electron chi connectivity index (χ2n) is 6.02. The van der Waals surface area contributed by atoms with E-state index in [4.69, 9.17) is 25.7 Å². The molecular formula is C18H27ClNO6P. The van der Waals surface area contributed by atoms with Gasteiger partial charge in [0.15, 0.2) is 12.1 Å². The van der Waals surface area contributed by atoms with Crippen LogP contribution in [-0.2, 0) is 18.7 Å². The Hall–Kier alpha value is -1.40. The lowest BCUT2D eigenvalue weighted by Crippen LogP contribution is -2.15. The fraction of sp³-hybridized carbons (Fsp3) is 0.556. The monoisotopic (exact) mass is 419 g/mol. The highest BCUT2D eigenvalue weighted by molar-refractivity contribution is 7.71. The predicted molar refractivity (Wildman–Crippen MR) is 105 cm³/mol. The summed E-state index contributed by atoms with van der Waals surface area (Å²) in [5.74, 6) is -0.397. The molecule has 0 saturated heterocycles. The molecule has 0 amide bonds. The number of nitrogens with zero attached hydrogens (tertiary/aromatic N) is 1. The Bertz CT molecular complexity index is 682. The molecule has 7 nitrogen and oxygen atoms in total. The number of hydrogen-bond donors (Lipinski definition) is 1. The zero-order valence-corrected chi connectivity index (χ0v) is 17.5. The van der Waals surface area contributed by atoms with Gasteiger partial charge in [0.1, 0.15) is 5.75 Å². The van der Waals surface area contributed by atoms with Gasteiger partial charge >= 0.3 is 13.6 Å². The van der Waals surface area contributed by atoms with Crippen molar-refractivity contribution >= 4 is 30.6 Å². The van der Waals surface area contributed by atoms with Gasteiger partial charge < -0.3 is 19.0 Å². The second-order valence-corrected chi connectivity index (χ2v) is 8.22. The van der Waals surface area contributed by atoms with Gasteiger partial charge in [-0.2, -0.15) is 0 Å². The average Bonchev–Trinajstić information content (AvgIpc) is 2.62. The summed E-state index contributed by atoms with van der Waals surface area (Å²) in [5, 5.41) is 4.08. The summed E-state index contributed by atoms with van der Waals surface area (Å²) in [6, 6.07) is 6.55. The molecule has 1 aromatic carbocycles. The molecule has 2 atom stereocenters. The van der Waals surface area contributed by atoms with Crippen molar-refractivity contribution in [1.29, 1.82) is 0 Å². The number of oxime groups is 1. The third-order valence-electron chi connectivity index (χ3n) is 3.63. The molecule has 0 aliphatic heterocycles. The lowest BCUT2D eigenvalue weighted by Gasteiger charge is -2.17. The van der Waals surface area contributed by atoms with Gasteiger partial charge in [-0.1, -0.05) is 49.5 Å². The number of hydrogen-bond acceptors (Lipinski definition) is 6. The number of carbonyl (C=O) groups excluding carboxylic acids is 1. The molecule has 0 aromatic heterocycles. The number of unbranched alkanes of at least 4 members (excludes halogenated alkanes) is 2. The van der Waals surface area contributed by atoms with Crippen molar-refractivity contribution in [2.24, 2.45) is 5.16 Å². The fourth-order valence-electron chi connectivity index (χ4n) is 1.98. The molecule has 1 aromatic rings. The van der Waals surface area contributed by atoms with E-state index >= 15 is 0 Å². The standard InChI is InChI=1S/C18H27ClNO6P/c1-4-6-7-11-17(27(22,23)26-14(3)5-2)20-25-18(21)13-24-16-10-8-9-15(19)12-16/h8-10,12,14H,4-7,11,13H2,1-3H3,(H,22,23). The lowest BCUT2D eigenvalue weighted by atomic mass is 10.2. The van der Waals surface area contributed by atoms with Crippen molar-refractivity contribution in [2.45, 2.75) is 59.0 Å². The van der Waals surface area contributed by atoms with Crippen molar-refractivity contribution in [3.63, 3.8) is 0 Å². The van der Waals surface area contributed by atoms with E-state index in [0.29, 0.717) is 23.6 Å². The van der Waals surface area contributed by atoms with Crippen molar-refractivity contribution < 1.29 is 28.4 Å². The summed E-state index contributed by atoms with van der Waals surface area (Å²) >= 11 is 5.84. The summed E-state index contributed by atoms with van der Waals surface area (Å²) in [6.45, 7) is 5.13. The normalized spacial score (nSPS) is 15.1. The van der Waals surface area contributed by atoms with Gasteiger partial charge in [-0.05, 0) is 38.0 Å². The van der Waals surface area contributed by atoms with Gasteiger partial charge in [-0.3, -0.25) is 4.57 Å². The van der Waals surface area contributed by atoms with E-state index in [-0.39, 0.29) is 11.9 Å². The molecule has 152 valence electrons. The van der Waals surface area contributed by atoms with Crippen LogP contribution in [0.1, 0.15) is 52.9 Å². The van der Waals surface area contributed by atoms with Gasteiger partial charge in [-0.15, -0.1) is 0 Å². The van der Waals surface area contributed by atoms with Crippen LogP contribution in [0.25, 0.3) is 0 Å². The maximum atomic E-state index is 12.5. The zero-order valence-electron chi connectivity index (χ0n) is 15.9. The number of ether oxygens (including phenoxy) is 1. The molecule has 0 radical (unpaired) electrons. The van der Waals surface area contributed by atoms with Crippen molar-refractivity contribution in [1.82, 2.24) is 0 Å². The van der Waals surface area contributed by atoms with Crippen molar-refractivity contribution in [3.8, 4) is 5.75 Å². The first kappa shape index (κ1) is 23.6. The third-order valence-corrected chi connectivity index (χ3v) is 5.47. The van der Waals surface area contributed by atoms with Gasteiger partial charge in [0.05, 0.1) is 6.10 Å². The van der Waals surface area contributed by atoms with E-state index in [2.05, 4.69) is 5.16 Å². The minimum atomic E-state index is -4.14. The first-order valence-corrected chi connectivity index (χ1v) is 10.9. The average molecular weight is 420 g/mol. The summed E-state index contributed by atoms with van der Waals surface area (Å²) in [6.07, 6.45) is 2.79. The molecule has 27 heavy (non-hydrogen) atoms. The van der Waals surface area contributed by atoms with Crippen molar-refractivity contribution in [2.75, 3.05) is 6.61 Å². The maximum Gasteiger partial charge on any atom is 0.376 e. The molecule has 1 rings (SSSR count). The Morgan fingerprint density at radius 1 is 1.33 bits per heavy atom. The smallest absolute Gasteiger partial charge is 0.376 e. The van der Waals surface area contributed by atoms with Crippen molar-refractivity contribution in [3.05, 3.63) is 29.3 Å². The van der Waals surface area contributed by atoms with Gasteiger partial charge in [0, 0.05) is 11.4 Å². The van der Waals surface area contributed by atoms with Crippen LogP contribution in [-0.4, -0.2) is 29.0 Å². The Balaban J connectivity index is 2.71. The Labute approximate surface area is 165 Å². The molecule has 0 bridgehead atoms. The van der Waals surface area contributed by atoms with Crippen LogP contribution in [0.15, 0.2) is 29.4 Å². The lowest BCUT2D eigenvalue weighted by molar-refractivity contribution is -0.146. The van der Waals surface area contributed by atoms with Crippen LogP contribution < -0.4 is 4.74 Å². The van der Waals surface area contributed by atoms with Crippen LogP contribution >= 0.6 is 19.2 Å². The Morgan fingerprint density at radius 2 is 2.07 bits per heavy atom. The van der Waals surface area contributed by atoms with E-state index in [0.717, 1.165) is 12.8 Å². The summed E-state index contributed by atoms with van der Waals surface area (Å²) < 4.78 is 22.9. The Morgan fingerprint density at radius 3 is 2.70 bits per heavy atom. The van der Waals surface area contributed by atoms with Gasteiger partial charge in [0.25, 0.3) is 0 Å². The minimum absolute atomic E-state index is 0.160. The number of rotatable bonds is 12. The first-order chi connectivity index (χ1) is 12.8. The van der Waals surface area contributed by atoms with Crippen LogP contribution in [0.2, 0.25) is 5.02 Å². The third kappa shape index (κ3) is 9.38. The molecule has 0 spiro atoms. The number of halogens is 1. The molecular weight excluding hydrogens is 393 g/mol. The molecule has 0 heterocycles. The molecule has 0 aliphatic carbocycles. The van der Waals surface area contributed by atoms with E-state index in [1.807, 2.05) is 13.8 Å². The highest BCUT2D eigenvalue weighted by atomic mass is 35.5. The fourth-order valence-corrected chi connectivity index (χ4v) is 3.50. The quantitative estimate of drug-likeness (QED) is 0.165. The van der Waals surface area contributed by atoms with E-state index in [9.17, 15) is 14.3 Å². The highest BCUT2D eigenvalue weighted by Crippen LogP contribution is 2.47. The van der Waals surface area contributed by atoms with Crippen LogP contribution in [0.3, 0.4) is 0 Å². The first-order valence-electron chi connectivity index (χ1n) is 8.95. The van der Waals surface area contributed by atoms with E-state index in [1.165, 1.54) is 0 Å². The molecule has 0 saturated carbocycles. The van der Waals surface area contributed by atoms with Gasteiger partial charge in [-0.25, -0.2) is 4.79 Å². The largest absolute Gasteiger partial charge is 0.482 e.